The second-order valence-electron chi connectivity index (χ2n) is 4.64. The summed E-state index contributed by atoms with van der Waals surface area (Å²) in [6.07, 6.45) is 0.130. The van der Waals surface area contributed by atoms with Crippen LogP contribution in [-0.2, 0) is 6.54 Å². The molecule has 5 nitrogen and oxygen atoms in total. The Bertz CT molecular complexity index is 599. The van der Waals surface area contributed by atoms with Crippen molar-refractivity contribution in [3.05, 3.63) is 34.5 Å². The van der Waals surface area contributed by atoms with Gasteiger partial charge in [0, 0.05) is 11.4 Å². The van der Waals surface area contributed by atoms with E-state index in [1.165, 1.54) is 0 Å². The first-order valence-electron chi connectivity index (χ1n) is 6.12. The average Bonchev–Trinajstić information content (AvgIpc) is 2.74. The van der Waals surface area contributed by atoms with E-state index >= 15 is 0 Å². The van der Waals surface area contributed by atoms with E-state index in [1.807, 2.05) is 18.2 Å². The van der Waals surface area contributed by atoms with Gasteiger partial charge in [-0.2, -0.15) is 0 Å². The van der Waals surface area contributed by atoms with Crippen LogP contribution < -0.4 is 9.64 Å². The van der Waals surface area contributed by atoms with E-state index in [-0.39, 0.29) is 6.10 Å². The van der Waals surface area contributed by atoms with Gasteiger partial charge in [0.25, 0.3) is 0 Å². The third kappa shape index (κ3) is 2.58. The molecule has 1 atom stereocenters. The first-order chi connectivity index (χ1) is 9.11. The predicted octanol–water partition coefficient (Wildman–Crippen LogP) is 2.93. The molecule has 0 fully saturated rings. The third-order valence-electron chi connectivity index (χ3n) is 2.96. The molecule has 2 heterocycles. The van der Waals surface area contributed by atoms with Crippen molar-refractivity contribution in [3.8, 4) is 5.75 Å². The molecule has 0 N–H and O–H groups in total. The molecular weight excluding hydrogens is 310 g/mol. The summed E-state index contributed by atoms with van der Waals surface area (Å²) in [6, 6.07) is 6.02. The summed E-state index contributed by atoms with van der Waals surface area (Å²) in [7, 11) is 0. The van der Waals surface area contributed by atoms with Gasteiger partial charge in [0.15, 0.2) is 0 Å². The monoisotopic (exact) mass is 323 g/mol. The van der Waals surface area contributed by atoms with Crippen molar-refractivity contribution >= 4 is 21.6 Å². The average molecular weight is 324 g/mol. The van der Waals surface area contributed by atoms with Crippen molar-refractivity contribution in [3.63, 3.8) is 0 Å². The number of halogens is 1. The van der Waals surface area contributed by atoms with Crippen LogP contribution in [-0.4, -0.2) is 22.8 Å². The number of aryl methyl sites for hydroxylation is 1. The summed E-state index contributed by atoms with van der Waals surface area (Å²) in [5.41, 5.74) is 1.05. The van der Waals surface area contributed by atoms with Gasteiger partial charge in [-0.3, -0.25) is 0 Å². The van der Waals surface area contributed by atoms with Crippen molar-refractivity contribution in [2.24, 2.45) is 0 Å². The summed E-state index contributed by atoms with van der Waals surface area (Å²) in [6.45, 7) is 5.25. The Hall–Kier alpha value is -1.56. The number of ether oxygens (including phenoxy) is 1. The number of anilines is 1. The van der Waals surface area contributed by atoms with Crippen LogP contribution >= 0.6 is 15.9 Å². The quantitative estimate of drug-likeness (QED) is 0.850. The number of fused-ring (bicyclic) bond motifs is 1. The molecule has 0 saturated heterocycles. The maximum Gasteiger partial charge on any atom is 0.235 e. The molecule has 0 radical (unpaired) electrons. The fraction of sp³-hybridized carbons (Fsp3) is 0.385. The van der Waals surface area contributed by atoms with E-state index in [0.717, 1.165) is 22.5 Å². The van der Waals surface area contributed by atoms with E-state index in [0.29, 0.717) is 18.3 Å². The van der Waals surface area contributed by atoms with E-state index < -0.39 is 0 Å². The highest BCUT2D eigenvalue weighted by molar-refractivity contribution is 9.10. The second kappa shape index (κ2) is 4.85. The molecule has 0 spiro atoms. The van der Waals surface area contributed by atoms with Crippen molar-refractivity contribution in [1.82, 2.24) is 10.2 Å². The Balaban J connectivity index is 1.90. The lowest BCUT2D eigenvalue weighted by Gasteiger charge is -2.34. The van der Waals surface area contributed by atoms with Crippen molar-refractivity contribution in [2.75, 3.05) is 11.4 Å². The lowest BCUT2D eigenvalue weighted by atomic mass is 10.2. The molecule has 19 heavy (non-hydrogen) atoms. The van der Waals surface area contributed by atoms with Crippen molar-refractivity contribution < 1.29 is 9.15 Å². The van der Waals surface area contributed by atoms with Gasteiger partial charge < -0.3 is 14.1 Å². The first kappa shape index (κ1) is 12.5. The molecule has 0 bridgehead atoms. The van der Waals surface area contributed by atoms with Crippen molar-refractivity contribution in [1.29, 1.82) is 0 Å². The maximum atomic E-state index is 5.85. The van der Waals surface area contributed by atoms with Gasteiger partial charge in [0.05, 0.1) is 18.8 Å². The minimum absolute atomic E-state index is 0.130. The largest absolute Gasteiger partial charge is 0.487 e. The number of nitrogens with zero attached hydrogens (tertiary/aromatic N) is 3. The molecular formula is C13H14BrN3O2. The Morgan fingerprint density at radius 3 is 3.00 bits per heavy atom. The van der Waals surface area contributed by atoms with Gasteiger partial charge in [-0.15, -0.1) is 10.2 Å². The highest BCUT2D eigenvalue weighted by Crippen LogP contribution is 2.36. The normalized spacial score (nSPS) is 18.1. The SMILES string of the molecule is Cc1nnc(CN2CC(C)Oc3cc(Br)ccc32)o1. The van der Waals surface area contributed by atoms with Crippen LogP contribution in [0.2, 0.25) is 0 Å². The molecule has 2 aromatic rings. The summed E-state index contributed by atoms with van der Waals surface area (Å²) in [5.74, 6) is 2.09. The molecule has 1 aromatic carbocycles. The van der Waals surface area contributed by atoms with Gasteiger partial charge >= 0.3 is 0 Å². The van der Waals surface area contributed by atoms with Gasteiger partial charge in [0.2, 0.25) is 11.8 Å². The molecule has 0 saturated carbocycles. The molecule has 1 aliphatic rings. The summed E-state index contributed by atoms with van der Waals surface area (Å²) >= 11 is 3.46. The topological polar surface area (TPSA) is 51.4 Å². The Labute approximate surface area is 119 Å². The third-order valence-corrected chi connectivity index (χ3v) is 3.46. The van der Waals surface area contributed by atoms with E-state index in [2.05, 4.69) is 38.0 Å². The number of aromatic nitrogens is 2. The standard InChI is InChI=1S/C13H14BrN3O2/c1-8-6-17(7-13-16-15-9(2)19-13)11-4-3-10(14)5-12(11)18-8/h3-5,8H,6-7H2,1-2H3. The van der Waals surface area contributed by atoms with Crippen LogP contribution in [0, 0.1) is 6.92 Å². The van der Waals surface area contributed by atoms with Crippen LogP contribution in [0.3, 0.4) is 0 Å². The molecule has 0 aliphatic carbocycles. The molecule has 0 amide bonds. The number of hydrogen-bond donors (Lipinski definition) is 0. The molecule has 3 rings (SSSR count). The summed E-state index contributed by atoms with van der Waals surface area (Å²) < 4.78 is 12.3. The van der Waals surface area contributed by atoms with Gasteiger partial charge in [-0.05, 0) is 25.1 Å². The summed E-state index contributed by atoms with van der Waals surface area (Å²) in [4.78, 5) is 2.20. The van der Waals surface area contributed by atoms with E-state index in [9.17, 15) is 0 Å². The van der Waals surface area contributed by atoms with E-state index in [1.54, 1.807) is 6.92 Å². The van der Waals surface area contributed by atoms with Gasteiger partial charge in [-0.25, -0.2) is 0 Å². The van der Waals surface area contributed by atoms with Gasteiger partial charge in [-0.1, -0.05) is 15.9 Å². The van der Waals surface area contributed by atoms with Crippen LogP contribution in [0.4, 0.5) is 5.69 Å². The fourth-order valence-electron chi connectivity index (χ4n) is 2.22. The molecule has 100 valence electrons. The minimum atomic E-state index is 0.130. The van der Waals surface area contributed by atoms with E-state index in [4.69, 9.17) is 9.15 Å². The first-order valence-corrected chi connectivity index (χ1v) is 6.91. The Kier molecular flexibility index (Phi) is 3.18. The Morgan fingerprint density at radius 2 is 2.26 bits per heavy atom. The molecule has 6 heteroatoms. The van der Waals surface area contributed by atoms with Crippen LogP contribution in [0.25, 0.3) is 0 Å². The zero-order valence-electron chi connectivity index (χ0n) is 10.8. The van der Waals surface area contributed by atoms with Crippen LogP contribution in [0.5, 0.6) is 5.75 Å². The lowest BCUT2D eigenvalue weighted by molar-refractivity contribution is 0.210. The maximum absolute atomic E-state index is 5.85. The Morgan fingerprint density at radius 1 is 1.42 bits per heavy atom. The smallest absolute Gasteiger partial charge is 0.235 e. The minimum Gasteiger partial charge on any atom is -0.487 e. The van der Waals surface area contributed by atoms with Crippen molar-refractivity contribution in [2.45, 2.75) is 26.5 Å². The van der Waals surface area contributed by atoms with Crippen LogP contribution in [0.15, 0.2) is 27.1 Å². The lowest BCUT2D eigenvalue weighted by Crippen LogP contribution is -2.38. The van der Waals surface area contributed by atoms with Gasteiger partial charge in [0.1, 0.15) is 11.9 Å². The highest BCUT2D eigenvalue weighted by Gasteiger charge is 2.24. The molecule has 1 aromatic heterocycles. The second-order valence-corrected chi connectivity index (χ2v) is 5.55. The van der Waals surface area contributed by atoms with Crippen LogP contribution in [0.1, 0.15) is 18.7 Å². The number of hydrogen-bond acceptors (Lipinski definition) is 5. The zero-order chi connectivity index (χ0) is 13.4. The molecule has 1 unspecified atom stereocenters. The number of rotatable bonds is 2. The summed E-state index contributed by atoms with van der Waals surface area (Å²) in [5, 5.41) is 7.91. The highest BCUT2D eigenvalue weighted by atomic mass is 79.9. The zero-order valence-corrected chi connectivity index (χ0v) is 12.3. The molecule has 1 aliphatic heterocycles. The predicted molar refractivity (Wildman–Crippen MR) is 74.3 cm³/mol. The number of benzene rings is 1. The fourth-order valence-corrected chi connectivity index (χ4v) is 2.56.